The van der Waals surface area contributed by atoms with Crippen LogP contribution in [0.15, 0.2) is 0 Å². The van der Waals surface area contributed by atoms with Gasteiger partial charge >= 0.3 is 0 Å². The smallest absolute Gasteiger partial charge is 0.216 e. The third-order valence-corrected chi connectivity index (χ3v) is 28.7. The van der Waals surface area contributed by atoms with E-state index < -0.39 is 42.1 Å². The monoisotopic (exact) mass is 678 g/mol. The molecule has 254 valence electrons. The molecule has 42 heavy (non-hydrogen) atoms. The van der Waals surface area contributed by atoms with Crippen molar-refractivity contribution in [3.05, 3.63) is 0 Å². The molecule has 0 aliphatic rings. The molecule has 0 spiro atoms. The fourth-order valence-corrected chi connectivity index (χ4v) is 22.0. The second-order valence-electron chi connectivity index (χ2n) is 17.1. The van der Waals surface area contributed by atoms with Crippen molar-refractivity contribution in [1.29, 1.82) is 0 Å². The van der Waals surface area contributed by atoms with Crippen LogP contribution in [-0.4, -0.2) is 64.7 Å². The molecule has 0 rings (SSSR count). The fourth-order valence-electron chi connectivity index (χ4n) is 7.17. The molecule has 0 N–H and O–H groups in total. The molecular weight excluding hydrogens is 601 g/mol. The van der Waals surface area contributed by atoms with Gasteiger partial charge in [-0.25, -0.2) is 0 Å². The Morgan fingerprint density at radius 1 is 0.595 bits per heavy atom. The van der Waals surface area contributed by atoms with Crippen molar-refractivity contribution < 1.29 is 17.7 Å². The van der Waals surface area contributed by atoms with E-state index in [2.05, 4.69) is 141 Å². The Morgan fingerprint density at radius 2 is 1.02 bits per heavy atom. The van der Waals surface area contributed by atoms with E-state index in [9.17, 15) is 0 Å². The van der Waals surface area contributed by atoms with E-state index in [0.29, 0.717) is 0 Å². The molecule has 0 amide bonds. The summed E-state index contributed by atoms with van der Waals surface area (Å²) in [5.74, 6) is 0. The first kappa shape index (κ1) is 42.9. The van der Waals surface area contributed by atoms with Crippen LogP contribution in [0.4, 0.5) is 0 Å². The summed E-state index contributed by atoms with van der Waals surface area (Å²) in [6.45, 7) is 50.0. The summed E-state index contributed by atoms with van der Waals surface area (Å²) in [7, 11) is -9.39. The molecule has 0 bridgehead atoms. The van der Waals surface area contributed by atoms with E-state index in [1.807, 2.05) is 0 Å². The van der Waals surface area contributed by atoms with Crippen molar-refractivity contribution in [3.8, 4) is 0 Å². The maximum atomic E-state index is 7.62. The lowest BCUT2D eigenvalue weighted by atomic mass is 9.93. The molecule has 0 aliphatic carbocycles. The molecule has 0 fully saturated rings. The molecule has 0 heterocycles. The third-order valence-electron chi connectivity index (χ3n) is 11.8. The summed E-state index contributed by atoms with van der Waals surface area (Å²) in [6.07, 6.45) is 6.71. The van der Waals surface area contributed by atoms with Crippen LogP contribution < -0.4 is 0 Å². The largest absolute Gasteiger partial charge is 0.417 e. The van der Waals surface area contributed by atoms with E-state index in [1.165, 1.54) is 0 Å². The minimum absolute atomic E-state index is 0.000947. The molecule has 4 nitrogen and oxygen atoms in total. The van der Waals surface area contributed by atoms with Gasteiger partial charge in [-0.1, -0.05) is 68.1 Å². The lowest BCUT2D eigenvalue weighted by Gasteiger charge is -2.55. The highest BCUT2D eigenvalue weighted by Gasteiger charge is 2.57. The van der Waals surface area contributed by atoms with Crippen LogP contribution in [-0.2, 0) is 17.7 Å². The molecule has 9 heteroatoms. The Bertz CT molecular complexity index is 816. The molecule has 0 radical (unpaired) electrons. The van der Waals surface area contributed by atoms with Gasteiger partial charge in [-0.2, -0.15) is 0 Å². The van der Waals surface area contributed by atoms with Crippen LogP contribution in [0.25, 0.3) is 0 Å². The molecule has 0 aromatic carbocycles. The maximum absolute atomic E-state index is 7.62. The van der Waals surface area contributed by atoms with Crippen molar-refractivity contribution in [2.75, 3.05) is 0 Å². The van der Waals surface area contributed by atoms with E-state index in [-0.39, 0.29) is 32.7 Å². The summed E-state index contributed by atoms with van der Waals surface area (Å²) in [5.41, 5.74) is 0. The van der Waals surface area contributed by atoms with Crippen molar-refractivity contribution in [3.63, 3.8) is 0 Å². The van der Waals surface area contributed by atoms with Crippen molar-refractivity contribution in [2.24, 2.45) is 0 Å². The average Bonchev–Trinajstić information content (AvgIpc) is 2.84. The maximum Gasteiger partial charge on any atom is 0.216 e. The van der Waals surface area contributed by atoms with Gasteiger partial charge in [0.25, 0.3) is 0 Å². The molecule has 5 unspecified atom stereocenters. The predicted molar refractivity (Wildman–Crippen MR) is 202 cm³/mol. The number of hydrogen-bond acceptors (Lipinski definition) is 4. The van der Waals surface area contributed by atoms with Crippen LogP contribution in [0.2, 0.25) is 82.1 Å². The lowest BCUT2D eigenvalue weighted by Crippen LogP contribution is -2.63. The normalized spacial score (nSPS) is 19.6. The first-order chi connectivity index (χ1) is 18.7. The van der Waals surface area contributed by atoms with Crippen molar-refractivity contribution in [1.82, 2.24) is 0 Å². The van der Waals surface area contributed by atoms with Crippen LogP contribution in [0.1, 0.15) is 108 Å². The van der Waals surface area contributed by atoms with E-state index in [1.54, 1.807) is 0 Å². The number of hydrogen-bond donors (Lipinski definition) is 0. The van der Waals surface area contributed by atoms with Gasteiger partial charge < -0.3 is 17.7 Å². The van der Waals surface area contributed by atoms with Gasteiger partial charge in [-0.05, 0) is 112 Å². The van der Waals surface area contributed by atoms with E-state index >= 15 is 0 Å². The van der Waals surface area contributed by atoms with Gasteiger partial charge in [0.05, 0.1) is 19.4 Å². The molecule has 0 aliphatic heterocycles. The molecule has 0 aromatic heterocycles. The Labute approximate surface area is 271 Å². The topological polar surface area (TPSA) is 36.9 Å². The zero-order valence-corrected chi connectivity index (χ0v) is 37.8. The van der Waals surface area contributed by atoms with Crippen LogP contribution in [0, 0.1) is 0 Å². The second kappa shape index (κ2) is 15.2. The highest BCUT2D eigenvalue weighted by Crippen LogP contribution is 2.55. The Balaban J connectivity index is 6.61. The SMILES string of the molecule is CCC(O[Si](C)(C)C(CC)(CC)C(CC)O[Si](C)(C)C(C)(C)O[Si](C)(C)C)C(C)(CC)[SiH](C)OC(C)(CC)[Si](C)(C)C. The quantitative estimate of drug-likeness (QED) is 0.120. The summed E-state index contributed by atoms with van der Waals surface area (Å²) in [6, 6.07) is 0. The highest BCUT2D eigenvalue weighted by molar-refractivity contribution is 6.79. The van der Waals surface area contributed by atoms with Gasteiger partial charge in [0.2, 0.25) is 8.32 Å². The summed E-state index contributed by atoms with van der Waals surface area (Å²) in [4.78, 5) is 0. The van der Waals surface area contributed by atoms with E-state index in [0.717, 1.165) is 38.5 Å². The molecule has 5 atom stereocenters. The Morgan fingerprint density at radius 3 is 1.33 bits per heavy atom. The van der Waals surface area contributed by atoms with E-state index in [4.69, 9.17) is 17.7 Å². The minimum atomic E-state index is -2.29. The summed E-state index contributed by atoms with van der Waals surface area (Å²) in [5, 5.41) is -0.172. The van der Waals surface area contributed by atoms with Crippen LogP contribution in [0.5, 0.6) is 0 Å². The Hall–Kier alpha value is 0.924. The van der Waals surface area contributed by atoms with Crippen LogP contribution in [0.3, 0.4) is 0 Å². The summed E-state index contributed by atoms with van der Waals surface area (Å²) >= 11 is 0. The Kier molecular flexibility index (Phi) is 15.6. The first-order valence-corrected chi connectivity index (χ1v) is 32.3. The number of rotatable bonds is 20. The van der Waals surface area contributed by atoms with Gasteiger partial charge in [0, 0.05) is 21.4 Å². The van der Waals surface area contributed by atoms with Crippen LogP contribution >= 0.6 is 0 Å². The zero-order chi connectivity index (χ0) is 33.8. The average molecular weight is 679 g/mol. The predicted octanol–water partition coefficient (Wildman–Crippen LogP) is 11.3. The highest BCUT2D eigenvalue weighted by atomic mass is 28.4. The van der Waals surface area contributed by atoms with Gasteiger partial charge in [0.15, 0.2) is 25.7 Å². The van der Waals surface area contributed by atoms with Gasteiger partial charge in [-0.15, -0.1) is 0 Å². The fraction of sp³-hybridized carbons (Fsp3) is 1.00. The molecule has 0 aromatic rings. The second-order valence-corrected chi connectivity index (χ2v) is 38.6. The van der Waals surface area contributed by atoms with Gasteiger partial charge in [0.1, 0.15) is 0 Å². The standard InChI is InChI=1S/C33H78O4Si5/c1-22-28(31(9,24-3)38(11)36-32(10,25-4)39(12,13)14)34-42(20,21)33(26-5,27-6)29(23-2)35-41(18,19)30(7,8)37-40(15,16)17/h28-29,38H,22-27H2,1-21H3. The molecular formula is C33H78O4Si5. The lowest BCUT2D eigenvalue weighted by molar-refractivity contribution is 0.0517. The molecule has 0 saturated carbocycles. The van der Waals surface area contributed by atoms with Crippen molar-refractivity contribution >= 4 is 42.1 Å². The van der Waals surface area contributed by atoms with Crippen molar-refractivity contribution in [2.45, 2.75) is 213 Å². The zero-order valence-electron chi connectivity index (χ0n) is 32.6. The summed E-state index contributed by atoms with van der Waals surface area (Å²) < 4.78 is 29.1. The first-order valence-electron chi connectivity index (χ1n) is 17.4. The molecule has 0 saturated heterocycles. The minimum Gasteiger partial charge on any atom is -0.417 e. The third kappa shape index (κ3) is 9.49. The van der Waals surface area contributed by atoms with Gasteiger partial charge in [-0.3, -0.25) is 0 Å².